The summed E-state index contributed by atoms with van der Waals surface area (Å²) in [5.41, 5.74) is 1.25. The van der Waals surface area contributed by atoms with Crippen LogP contribution in [0.4, 0.5) is 13.6 Å². The molecule has 0 bridgehead atoms. The van der Waals surface area contributed by atoms with Gasteiger partial charge < -0.3 is 14.8 Å². The third-order valence-electron chi connectivity index (χ3n) is 3.52. The van der Waals surface area contributed by atoms with Crippen molar-refractivity contribution >= 4 is 18.5 Å². The Morgan fingerprint density at radius 2 is 1.92 bits per heavy atom. The van der Waals surface area contributed by atoms with Crippen LogP contribution < -0.4 is 10.1 Å². The van der Waals surface area contributed by atoms with Crippen LogP contribution in [0.5, 0.6) is 5.75 Å². The van der Waals surface area contributed by atoms with Gasteiger partial charge in [0, 0.05) is 0 Å². The van der Waals surface area contributed by atoms with Crippen LogP contribution in [0.15, 0.2) is 54.6 Å². The number of carbonyl (C=O) groups excluding carboxylic acids is 1. The molecule has 0 aliphatic carbocycles. The summed E-state index contributed by atoms with van der Waals surface area (Å²) in [5, 5.41) is 2.16. The number of hydrogen-bond acceptors (Lipinski definition) is 3. The Hall–Kier alpha value is -2.34. The minimum atomic E-state index is -3.17. The number of cyclic esters (lactones) is 1. The normalized spacial score (nSPS) is 18.8. The van der Waals surface area contributed by atoms with Crippen molar-refractivity contribution in [2.45, 2.75) is 18.6 Å². The van der Waals surface area contributed by atoms with Crippen molar-refractivity contribution in [3.8, 4) is 5.75 Å². The van der Waals surface area contributed by atoms with Gasteiger partial charge in [0.05, 0.1) is 0 Å². The number of carbonyl (C=O) groups is 1. The van der Waals surface area contributed by atoms with Crippen LogP contribution in [-0.4, -0.2) is 18.6 Å². The molecule has 3 rings (SSSR count). The van der Waals surface area contributed by atoms with Gasteiger partial charge in [-0.15, -0.1) is 12.4 Å². The fraction of sp³-hybridized carbons (Fsp3) is 0.235. The van der Waals surface area contributed by atoms with Gasteiger partial charge in [0.1, 0.15) is 18.4 Å². The zero-order chi connectivity index (χ0) is 16.3. The first-order valence-electron chi connectivity index (χ1n) is 7.12. The van der Waals surface area contributed by atoms with Crippen molar-refractivity contribution in [2.24, 2.45) is 0 Å². The summed E-state index contributed by atoms with van der Waals surface area (Å²) in [5.74, 6) is -2.71. The molecular formula is C17H16ClF2NO3. The van der Waals surface area contributed by atoms with Crippen LogP contribution >= 0.6 is 12.4 Å². The topological polar surface area (TPSA) is 47.6 Å². The Balaban J connectivity index is 0.00000208. The summed E-state index contributed by atoms with van der Waals surface area (Å²) in [6.07, 6.45) is -0.850. The predicted molar refractivity (Wildman–Crippen MR) is 86.6 cm³/mol. The van der Waals surface area contributed by atoms with Crippen molar-refractivity contribution in [1.82, 2.24) is 5.32 Å². The van der Waals surface area contributed by atoms with Gasteiger partial charge in [-0.25, -0.2) is 13.6 Å². The molecule has 0 spiro atoms. The summed E-state index contributed by atoms with van der Waals surface area (Å²) in [6, 6.07) is 14.4. The van der Waals surface area contributed by atoms with E-state index in [-0.39, 0.29) is 18.0 Å². The molecule has 0 unspecified atom stereocenters. The second-order valence-corrected chi connectivity index (χ2v) is 5.26. The molecule has 2 aromatic rings. The maximum absolute atomic E-state index is 13.9. The number of rotatable bonds is 4. The summed E-state index contributed by atoms with van der Waals surface area (Å²) in [6.45, 7) is -0.598. The molecule has 0 aromatic heterocycles. The number of alkyl carbamates (subject to hydrolysis) is 1. The highest BCUT2D eigenvalue weighted by atomic mass is 35.5. The molecule has 1 fully saturated rings. The van der Waals surface area contributed by atoms with Gasteiger partial charge in [-0.1, -0.05) is 42.5 Å². The molecule has 1 aliphatic heterocycles. The molecule has 1 N–H and O–H groups in total. The molecule has 2 aromatic carbocycles. The van der Waals surface area contributed by atoms with Crippen molar-refractivity contribution in [1.29, 1.82) is 0 Å². The van der Waals surface area contributed by atoms with Gasteiger partial charge >= 0.3 is 12.0 Å². The number of ether oxygens (including phenoxy) is 2. The Kier molecular flexibility index (Phi) is 5.62. The zero-order valence-corrected chi connectivity index (χ0v) is 13.4. The molecule has 7 heteroatoms. The van der Waals surface area contributed by atoms with E-state index in [9.17, 15) is 13.6 Å². The Morgan fingerprint density at radius 1 is 1.17 bits per heavy atom. The van der Waals surface area contributed by atoms with Gasteiger partial charge in [-0.3, -0.25) is 0 Å². The van der Waals surface area contributed by atoms with E-state index in [1.807, 2.05) is 30.3 Å². The number of hydrogen-bond donors (Lipinski definition) is 1. The lowest BCUT2D eigenvalue weighted by Crippen LogP contribution is -2.49. The van der Waals surface area contributed by atoms with Crippen LogP contribution in [0.3, 0.4) is 0 Å². The SMILES string of the molecule is Cl.O=C1N[C@H](c2cccc(OCc3ccccc3)c2)C(F)(F)CO1. The smallest absolute Gasteiger partial charge is 0.408 e. The summed E-state index contributed by atoms with van der Waals surface area (Å²) < 4.78 is 37.8. The first kappa shape index (κ1) is 18.0. The number of benzene rings is 2. The van der Waals surface area contributed by atoms with Gasteiger partial charge in [-0.2, -0.15) is 0 Å². The lowest BCUT2D eigenvalue weighted by molar-refractivity contribution is -0.104. The first-order valence-corrected chi connectivity index (χ1v) is 7.12. The van der Waals surface area contributed by atoms with E-state index in [4.69, 9.17) is 4.74 Å². The van der Waals surface area contributed by atoms with E-state index in [0.29, 0.717) is 12.4 Å². The highest BCUT2D eigenvalue weighted by Gasteiger charge is 2.46. The lowest BCUT2D eigenvalue weighted by atomic mass is 10.00. The zero-order valence-electron chi connectivity index (χ0n) is 12.6. The Labute approximate surface area is 144 Å². The van der Waals surface area contributed by atoms with Crippen molar-refractivity contribution < 1.29 is 23.0 Å². The summed E-state index contributed by atoms with van der Waals surface area (Å²) in [4.78, 5) is 11.2. The molecule has 128 valence electrons. The van der Waals surface area contributed by atoms with E-state index in [0.717, 1.165) is 5.56 Å². The maximum atomic E-state index is 13.9. The van der Waals surface area contributed by atoms with E-state index in [1.54, 1.807) is 12.1 Å². The average molecular weight is 356 g/mol. The second-order valence-electron chi connectivity index (χ2n) is 5.26. The minimum Gasteiger partial charge on any atom is -0.489 e. The van der Waals surface area contributed by atoms with Gasteiger partial charge in [0.25, 0.3) is 0 Å². The first-order chi connectivity index (χ1) is 11.0. The van der Waals surface area contributed by atoms with E-state index < -0.39 is 24.7 Å². The largest absolute Gasteiger partial charge is 0.489 e. The molecule has 4 nitrogen and oxygen atoms in total. The van der Waals surface area contributed by atoms with E-state index >= 15 is 0 Å². The van der Waals surface area contributed by atoms with Gasteiger partial charge in [0.2, 0.25) is 0 Å². The predicted octanol–water partition coefficient (Wildman–Crippen LogP) is 4.10. The minimum absolute atomic E-state index is 0. The van der Waals surface area contributed by atoms with E-state index in [2.05, 4.69) is 10.1 Å². The van der Waals surface area contributed by atoms with Crippen LogP contribution in [-0.2, 0) is 11.3 Å². The second kappa shape index (κ2) is 7.49. The fourth-order valence-electron chi connectivity index (χ4n) is 2.36. The molecular weight excluding hydrogens is 340 g/mol. The highest BCUT2D eigenvalue weighted by Crippen LogP contribution is 2.35. The number of amides is 1. The third kappa shape index (κ3) is 4.14. The molecule has 0 radical (unpaired) electrons. The van der Waals surface area contributed by atoms with Crippen molar-refractivity contribution in [3.05, 3.63) is 65.7 Å². The van der Waals surface area contributed by atoms with Crippen LogP contribution in [0.1, 0.15) is 17.2 Å². The standard InChI is InChI=1S/C17H15F2NO3.ClH/c18-17(19)11-23-16(21)20-15(17)13-7-4-8-14(9-13)22-10-12-5-2-1-3-6-12;/h1-9,15H,10-11H2,(H,20,21);1H/t15-;/m1./s1. The van der Waals surface area contributed by atoms with Gasteiger partial charge in [-0.05, 0) is 23.3 Å². The van der Waals surface area contributed by atoms with Crippen molar-refractivity contribution in [2.75, 3.05) is 6.61 Å². The summed E-state index contributed by atoms with van der Waals surface area (Å²) >= 11 is 0. The van der Waals surface area contributed by atoms with Gasteiger partial charge in [0.15, 0.2) is 6.61 Å². The highest BCUT2D eigenvalue weighted by molar-refractivity contribution is 5.85. The molecule has 1 amide bonds. The molecule has 1 saturated heterocycles. The number of nitrogens with one attached hydrogen (secondary N) is 1. The Bertz CT molecular complexity index is 697. The summed E-state index contributed by atoms with van der Waals surface area (Å²) in [7, 11) is 0. The van der Waals surface area contributed by atoms with Crippen molar-refractivity contribution in [3.63, 3.8) is 0 Å². The molecule has 24 heavy (non-hydrogen) atoms. The average Bonchev–Trinajstić information content (AvgIpc) is 2.56. The van der Waals surface area contributed by atoms with Crippen LogP contribution in [0, 0.1) is 0 Å². The lowest BCUT2D eigenvalue weighted by Gasteiger charge is -2.31. The number of halogens is 3. The maximum Gasteiger partial charge on any atom is 0.408 e. The Morgan fingerprint density at radius 3 is 2.67 bits per heavy atom. The van der Waals surface area contributed by atoms with Crippen LogP contribution in [0.25, 0.3) is 0 Å². The molecule has 1 atom stereocenters. The monoisotopic (exact) mass is 355 g/mol. The van der Waals surface area contributed by atoms with E-state index in [1.165, 1.54) is 12.1 Å². The molecule has 1 heterocycles. The number of alkyl halides is 2. The fourth-order valence-corrected chi connectivity index (χ4v) is 2.36. The van der Waals surface area contributed by atoms with Crippen LogP contribution in [0.2, 0.25) is 0 Å². The molecule has 1 aliphatic rings. The quantitative estimate of drug-likeness (QED) is 0.898. The molecule has 0 saturated carbocycles. The third-order valence-corrected chi connectivity index (χ3v) is 3.52.